The number of carboxylic acids is 1. The highest BCUT2D eigenvalue weighted by Crippen LogP contribution is 2.55. The van der Waals surface area contributed by atoms with Crippen molar-refractivity contribution in [3.8, 4) is 33.0 Å². The van der Waals surface area contributed by atoms with E-state index < -0.39 is 24.2 Å². The van der Waals surface area contributed by atoms with Gasteiger partial charge in [-0.05, 0) is 62.0 Å². The number of nitrogens with one attached hydrogen (secondary N) is 1. The molecule has 2 aromatic heterocycles. The van der Waals surface area contributed by atoms with Crippen molar-refractivity contribution in [1.82, 2.24) is 25.5 Å². The monoisotopic (exact) mass is 567 g/mol. The van der Waals surface area contributed by atoms with E-state index in [1.165, 1.54) is 10.1 Å². The summed E-state index contributed by atoms with van der Waals surface area (Å²) in [5.74, 6) is -0.758. The highest BCUT2D eigenvalue weighted by atomic mass is 79.9. The zero-order valence-corrected chi connectivity index (χ0v) is 22.1. The summed E-state index contributed by atoms with van der Waals surface area (Å²) in [7, 11) is 0. The molecule has 2 unspecified atom stereocenters. The minimum Gasteiger partial charge on any atom is -0.480 e. The first-order chi connectivity index (χ1) is 17.3. The molecule has 4 aromatic rings. The molecule has 1 amide bonds. The lowest BCUT2D eigenvalue weighted by Crippen LogP contribution is -2.44. The molecule has 11 heteroatoms. The average molecular weight is 568 g/mol. The Kier molecular flexibility index (Phi) is 5.38. The summed E-state index contributed by atoms with van der Waals surface area (Å²) in [5, 5.41) is 25.6. The Morgan fingerprint density at radius 2 is 2.00 bits per heavy atom. The first kappa shape index (κ1) is 23.1. The Bertz CT molecular complexity index is 1560. The Labute approximate surface area is 218 Å². The second-order valence-corrected chi connectivity index (χ2v) is 11.3. The second kappa shape index (κ2) is 8.38. The van der Waals surface area contributed by atoms with Crippen LogP contribution in [-0.2, 0) is 9.53 Å². The van der Waals surface area contributed by atoms with Crippen LogP contribution in [0.2, 0.25) is 0 Å². The zero-order valence-electron chi connectivity index (χ0n) is 19.7. The molecule has 1 saturated carbocycles. The quantitative estimate of drug-likeness (QED) is 0.281. The van der Waals surface area contributed by atoms with Gasteiger partial charge in [-0.3, -0.25) is 0 Å². The van der Waals surface area contributed by atoms with Crippen molar-refractivity contribution in [2.75, 3.05) is 0 Å². The molecule has 3 atom stereocenters. The average Bonchev–Trinajstić information content (AvgIpc) is 3.28. The molecular formula is C25H22BrN5O4S. The van der Waals surface area contributed by atoms with E-state index in [2.05, 4.69) is 74.0 Å². The number of carbonyl (C=O) groups excluding carboxylic acids is 1. The molecule has 0 saturated heterocycles. The van der Waals surface area contributed by atoms with Crippen LogP contribution in [0.5, 0.6) is 0 Å². The van der Waals surface area contributed by atoms with Crippen LogP contribution in [0.25, 0.3) is 43.0 Å². The highest BCUT2D eigenvalue weighted by Gasteiger charge is 2.46. The summed E-state index contributed by atoms with van der Waals surface area (Å²) >= 11 is 5.58. The molecule has 0 radical (unpaired) electrons. The molecule has 2 aromatic carbocycles. The maximum Gasteiger partial charge on any atom is 0.408 e. The number of nitrogens with zero attached hydrogens (tertiary/aromatic N) is 4. The Balaban J connectivity index is 1.34. The number of hydrogen-bond donors (Lipinski definition) is 2. The van der Waals surface area contributed by atoms with E-state index in [0.717, 1.165) is 37.2 Å². The topological polar surface area (TPSA) is 119 Å². The molecule has 6 rings (SSSR count). The van der Waals surface area contributed by atoms with E-state index >= 15 is 0 Å². The van der Waals surface area contributed by atoms with Crippen LogP contribution in [0.4, 0.5) is 4.79 Å². The summed E-state index contributed by atoms with van der Waals surface area (Å²) in [6.45, 7) is 5.56. The van der Waals surface area contributed by atoms with Crippen molar-refractivity contribution in [2.24, 2.45) is 5.92 Å². The fourth-order valence-electron chi connectivity index (χ4n) is 4.91. The van der Waals surface area contributed by atoms with Gasteiger partial charge in [0, 0.05) is 32.1 Å². The number of fused-ring (bicyclic) bond motifs is 5. The van der Waals surface area contributed by atoms with Gasteiger partial charge in [0.2, 0.25) is 0 Å². The first-order valence-corrected chi connectivity index (χ1v) is 13.2. The molecule has 2 aliphatic rings. The van der Waals surface area contributed by atoms with Crippen LogP contribution >= 0.6 is 27.3 Å². The van der Waals surface area contributed by atoms with Crippen molar-refractivity contribution in [2.45, 2.75) is 45.4 Å². The third kappa shape index (κ3) is 3.52. The van der Waals surface area contributed by atoms with E-state index in [1.54, 1.807) is 29.9 Å². The summed E-state index contributed by atoms with van der Waals surface area (Å²) in [5.41, 5.74) is 5.36. The number of aryl methyl sites for hydroxylation is 1. The van der Waals surface area contributed by atoms with Crippen molar-refractivity contribution < 1.29 is 19.4 Å². The van der Waals surface area contributed by atoms with E-state index in [0.29, 0.717) is 12.2 Å². The predicted molar refractivity (Wildman–Crippen MR) is 139 cm³/mol. The molecular weight excluding hydrogens is 546 g/mol. The Hall–Kier alpha value is -3.31. The van der Waals surface area contributed by atoms with Gasteiger partial charge < -0.3 is 15.2 Å². The van der Waals surface area contributed by atoms with Gasteiger partial charge in [-0.2, -0.15) is 0 Å². The van der Waals surface area contributed by atoms with E-state index in [-0.39, 0.29) is 12.0 Å². The molecule has 9 nitrogen and oxygen atoms in total. The zero-order chi connectivity index (χ0) is 25.3. The highest BCUT2D eigenvalue weighted by molar-refractivity contribution is 9.10. The van der Waals surface area contributed by atoms with Crippen molar-refractivity contribution in [1.29, 1.82) is 0 Å². The van der Waals surface area contributed by atoms with Crippen LogP contribution < -0.4 is 5.32 Å². The number of aromatic nitrogens is 4. The summed E-state index contributed by atoms with van der Waals surface area (Å²) in [6, 6.07) is 9.28. The number of aliphatic carboxylic acids is 1. The number of tetrazole rings is 1. The van der Waals surface area contributed by atoms with Crippen molar-refractivity contribution in [3.63, 3.8) is 0 Å². The maximum absolute atomic E-state index is 12.4. The third-order valence-corrected chi connectivity index (χ3v) is 9.02. The van der Waals surface area contributed by atoms with Gasteiger partial charge in [0.15, 0.2) is 5.82 Å². The minimum atomic E-state index is -1.10. The number of thiophene rings is 1. The van der Waals surface area contributed by atoms with Crippen LogP contribution in [0, 0.1) is 12.8 Å². The van der Waals surface area contributed by atoms with Gasteiger partial charge in [-0.15, -0.1) is 16.4 Å². The van der Waals surface area contributed by atoms with Crippen LogP contribution in [0.3, 0.4) is 0 Å². The number of benzene rings is 2. The molecule has 0 aliphatic heterocycles. The number of carboxylic acid groups (broad SMARTS) is 1. The van der Waals surface area contributed by atoms with Crippen molar-refractivity contribution in [3.05, 3.63) is 40.4 Å². The summed E-state index contributed by atoms with van der Waals surface area (Å²) < 4.78 is 9.53. The smallest absolute Gasteiger partial charge is 0.408 e. The normalized spacial score (nSPS) is 18.4. The minimum absolute atomic E-state index is 0.233. The van der Waals surface area contributed by atoms with E-state index in [9.17, 15) is 14.7 Å². The number of halogens is 1. The standard InChI is InChI=1S/C25H22BrN5O4S/c1-10(2)21(24(32)33)27-25(34)35-15-9-14(15)31-23(28-29-30-31)18-12-5-4-6-13(18)22-20(26)19-16(36-22)8-7-11(3)17(12)19/h4-8,10,14-15,21H,9H2,1-3H3,(H,27,34)(H,32,33)/t14?,15?,21-/m0/s1. The molecule has 2 aliphatic carbocycles. The van der Waals surface area contributed by atoms with Gasteiger partial charge in [0.1, 0.15) is 12.1 Å². The summed E-state index contributed by atoms with van der Waals surface area (Å²) in [6.07, 6.45) is -0.656. The molecule has 1 fully saturated rings. The number of carbonyl (C=O) groups is 2. The number of alkyl carbamates (subject to hydrolysis) is 1. The lowest BCUT2D eigenvalue weighted by atomic mass is 9.92. The van der Waals surface area contributed by atoms with E-state index in [1.807, 2.05) is 0 Å². The molecule has 4 bridgehead atoms. The first-order valence-electron chi connectivity index (χ1n) is 11.6. The van der Waals surface area contributed by atoms with Gasteiger partial charge in [0.05, 0.1) is 10.9 Å². The molecule has 2 N–H and O–H groups in total. The number of amides is 1. The Morgan fingerprint density at radius 1 is 1.22 bits per heavy atom. The van der Waals surface area contributed by atoms with Crippen LogP contribution in [0.15, 0.2) is 34.8 Å². The fraction of sp³-hybridized carbons (Fsp3) is 0.320. The lowest BCUT2D eigenvalue weighted by molar-refractivity contribution is -0.140. The van der Waals surface area contributed by atoms with Crippen LogP contribution in [0.1, 0.15) is 31.9 Å². The van der Waals surface area contributed by atoms with E-state index in [4.69, 9.17) is 4.74 Å². The maximum atomic E-state index is 12.4. The number of hydrogen-bond acceptors (Lipinski definition) is 7. The SMILES string of the molecule is Cc1ccc2sc3c(Br)c2c1-c1cccc-3c1-c1nnnn1C1CC1OC(=O)N[C@H](C(=O)O)C(C)C. The number of rotatable bonds is 6. The lowest BCUT2D eigenvalue weighted by Gasteiger charge is -2.18. The summed E-state index contributed by atoms with van der Waals surface area (Å²) in [4.78, 5) is 24.9. The van der Waals surface area contributed by atoms with Crippen molar-refractivity contribution >= 4 is 49.4 Å². The number of ether oxygens (including phenoxy) is 1. The molecule has 184 valence electrons. The second-order valence-electron chi connectivity index (χ2n) is 9.50. The largest absolute Gasteiger partial charge is 0.480 e. The molecule has 36 heavy (non-hydrogen) atoms. The third-order valence-electron chi connectivity index (χ3n) is 6.78. The van der Waals surface area contributed by atoms with Gasteiger partial charge in [0.25, 0.3) is 0 Å². The fourth-order valence-corrected chi connectivity index (χ4v) is 7.04. The van der Waals surface area contributed by atoms with Crippen LogP contribution in [-0.4, -0.2) is 49.5 Å². The van der Waals surface area contributed by atoms with Gasteiger partial charge in [-0.1, -0.05) is 38.1 Å². The van der Waals surface area contributed by atoms with Gasteiger partial charge in [-0.25, -0.2) is 14.3 Å². The van der Waals surface area contributed by atoms with Gasteiger partial charge >= 0.3 is 12.1 Å². The molecule has 2 heterocycles. The molecule has 0 spiro atoms. The predicted octanol–water partition coefficient (Wildman–Crippen LogP) is 5.42. The Morgan fingerprint density at radius 3 is 2.75 bits per heavy atom.